The third-order valence-electron chi connectivity index (χ3n) is 3.96. The van der Waals surface area contributed by atoms with Gasteiger partial charge in [-0.25, -0.2) is 4.98 Å². The summed E-state index contributed by atoms with van der Waals surface area (Å²) < 4.78 is 5.76. The van der Waals surface area contributed by atoms with Gasteiger partial charge in [0.05, 0.1) is 0 Å². The molecule has 4 heteroatoms. The van der Waals surface area contributed by atoms with Crippen LogP contribution in [0.5, 0.6) is 0 Å². The maximum absolute atomic E-state index is 12.3. The van der Waals surface area contributed by atoms with Crippen molar-refractivity contribution in [2.75, 3.05) is 5.32 Å². The number of fused-ring (bicyclic) bond motifs is 1. The highest BCUT2D eigenvalue weighted by Gasteiger charge is 2.09. The molecule has 0 unspecified atom stereocenters. The van der Waals surface area contributed by atoms with Crippen molar-refractivity contribution in [3.8, 4) is 11.5 Å². The fourth-order valence-corrected chi connectivity index (χ4v) is 2.68. The Hall–Kier alpha value is -3.40. The molecule has 0 saturated carbocycles. The van der Waals surface area contributed by atoms with Gasteiger partial charge in [0, 0.05) is 16.8 Å². The molecule has 4 rings (SSSR count). The number of oxazole rings is 1. The van der Waals surface area contributed by atoms with Crippen molar-refractivity contribution >= 4 is 22.7 Å². The van der Waals surface area contributed by atoms with Gasteiger partial charge < -0.3 is 9.73 Å². The van der Waals surface area contributed by atoms with Gasteiger partial charge in [-0.3, -0.25) is 4.79 Å². The van der Waals surface area contributed by atoms with Crippen LogP contribution in [-0.2, 0) is 0 Å². The number of hydrogen-bond donors (Lipinski definition) is 1. The highest BCUT2D eigenvalue weighted by molar-refractivity contribution is 6.04. The standard InChI is InChI=1S/C21H16N2O2/c1-14-5-4-6-16(13-14)20(24)22-17-11-9-15(10-12-17)21-23-18-7-2-3-8-19(18)25-21/h2-13H,1H3,(H,22,24). The first-order valence-electron chi connectivity index (χ1n) is 8.03. The lowest BCUT2D eigenvalue weighted by molar-refractivity contribution is 0.102. The summed E-state index contributed by atoms with van der Waals surface area (Å²) >= 11 is 0. The predicted octanol–water partition coefficient (Wildman–Crippen LogP) is 5.06. The van der Waals surface area contributed by atoms with Crippen molar-refractivity contribution in [2.45, 2.75) is 6.92 Å². The molecule has 1 aromatic heterocycles. The second-order valence-corrected chi connectivity index (χ2v) is 5.89. The number of hydrogen-bond acceptors (Lipinski definition) is 3. The molecule has 0 spiro atoms. The van der Waals surface area contributed by atoms with Gasteiger partial charge in [-0.15, -0.1) is 0 Å². The van der Waals surface area contributed by atoms with Crippen LogP contribution < -0.4 is 5.32 Å². The zero-order valence-corrected chi connectivity index (χ0v) is 13.7. The van der Waals surface area contributed by atoms with Crippen LogP contribution in [0.2, 0.25) is 0 Å². The Morgan fingerprint density at radius 2 is 1.76 bits per heavy atom. The van der Waals surface area contributed by atoms with E-state index in [0.29, 0.717) is 11.5 Å². The van der Waals surface area contributed by atoms with Crippen molar-refractivity contribution in [1.82, 2.24) is 4.98 Å². The van der Waals surface area contributed by atoms with Crippen molar-refractivity contribution < 1.29 is 9.21 Å². The SMILES string of the molecule is Cc1cccc(C(=O)Nc2ccc(-c3nc4ccccc4o3)cc2)c1. The zero-order chi connectivity index (χ0) is 17.2. The molecule has 1 amide bonds. The molecule has 0 aliphatic rings. The van der Waals surface area contributed by atoms with E-state index >= 15 is 0 Å². The molecule has 0 saturated heterocycles. The minimum absolute atomic E-state index is 0.127. The van der Waals surface area contributed by atoms with E-state index in [0.717, 1.165) is 27.9 Å². The van der Waals surface area contributed by atoms with Gasteiger partial charge >= 0.3 is 0 Å². The third kappa shape index (κ3) is 3.15. The van der Waals surface area contributed by atoms with Gasteiger partial charge in [0.1, 0.15) is 5.52 Å². The van der Waals surface area contributed by atoms with Gasteiger partial charge in [0.25, 0.3) is 5.91 Å². The number of nitrogens with zero attached hydrogens (tertiary/aromatic N) is 1. The summed E-state index contributed by atoms with van der Waals surface area (Å²) in [6, 6.07) is 22.6. The molecule has 1 heterocycles. The van der Waals surface area contributed by atoms with Crippen LogP contribution in [0.1, 0.15) is 15.9 Å². The normalized spacial score (nSPS) is 10.8. The van der Waals surface area contributed by atoms with E-state index in [2.05, 4.69) is 10.3 Å². The first-order valence-corrected chi connectivity index (χ1v) is 8.03. The first-order chi connectivity index (χ1) is 12.2. The maximum Gasteiger partial charge on any atom is 0.255 e. The van der Waals surface area contributed by atoms with E-state index in [-0.39, 0.29) is 5.91 Å². The van der Waals surface area contributed by atoms with Gasteiger partial charge in [-0.2, -0.15) is 0 Å². The monoisotopic (exact) mass is 328 g/mol. The predicted molar refractivity (Wildman–Crippen MR) is 98.6 cm³/mol. The van der Waals surface area contributed by atoms with Crippen LogP contribution in [0, 0.1) is 6.92 Å². The fourth-order valence-electron chi connectivity index (χ4n) is 2.68. The molecule has 4 aromatic rings. The summed E-state index contributed by atoms with van der Waals surface area (Å²) in [6.07, 6.45) is 0. The number of aromatic nitrogens is 1. The maximum atomic E-state index is 12.3. The lowest BCUT2D eigenvalue weighted by atomic mass is 10.1. The Labute approximate surface area is 145 Å². The smallest absolute Gasteiger partial charge is 0.255 e. The summed E-state index contributed by atoms with van der Waals surface area (Å²) in [5, 5.41) is 2.90. The number of carbonyl (C=O) groups excluding carboxylic acids is 1. The summed E-state index contributed by atoms with van der Waals surface area (Å²) in [7, 11) is 0. The van der Waals surface area contributed by atoms with E-state index in [1.54, 1.807) is 6.07 Å². The number of para-hydroxylation sites is 2. The lowest BCUT2D eigenvalue weighted by Gasteiger charge is -2.06. The third-order valence-corrected chi connectivity index (χ3v) is 3.96. The molecule has 0 aliphatic carbocycles. The summed E-state index contributed by atoms with van der Waals surface area (Å²) in [5.41, 5.74) is 4.88. The Kier molecular flexibility index (Phi) is 3.78. The molecule has 25 heavy (non-hydrogen) atoms. The lowest BCUT2D eigenvalue weighted by Crippen LogP contribution is -2.11. The highest BCUT2D eigenvalue weighted by Crippen LogP contribution is 2.25. The van der Waals surface area contributed by atoms with Gasteiger partial charge in [-0.1, -0.05) is 29.8 Å². The topological polar surface area (TPSA) is 55.1 Å². The number of benzene rings is 3. The van der Waals surface area contributed by atoms with Crippen LogP contribution >= 0.6 is 0 Å². The number of nitrogens with one attached hydrogen (secondary N) is 1. The van der Waals surface area contributed by atoms with Crippen LogP contribution in [0.4, 0.5) is 5.69 Å². The zero-order valence-electron chi connectivity index (χ0n) is 13.7. The second kappa shape index (κ2) is 6.24. The number of amides is 1. The average molecular weight is 328 g/mol. The molecule has 0 aliphatic heterocycles. The van der Waals surface area contributed by atoms with E-state index in [9.17, 15) is 4.79 Å². The molecule has 122 valence electrons. The van der Waals surface area contributed by atoms with Gasteiger partial charge in [0.15, 0.2) is 5.58 Å². The molecule has 0 radical (unpaired) electrons. The molecule has 0 atom stereocenters. The minimum Gasteiger partial charge on any atom is -0.436 e. The van der Waals surface area contributed by atoms with Crippen LogP contribution in [-0.4, -0.2) is 10.9 Å². The highest BCUT2D eigenvalue weighted by atomic mass is 16.3. The van der Waals surface area contributed by atoms with Crippen LogP contribution in [0.25, 0.3) is 22.6 Å². The number of rotatable bonds is 3. The molecule has 0 fully saturated rings. The van der Waals surface area contributed by atoms with E-state index in [4.69, 9.17) is 4.42 Å². The average Bonchev–Trinajstić information content (AvgIpc) is 3.06. The van der Waals surface area contributed by atoms with Crippen molar-refractivity contribution in [3.63, 3.8) is 0 Å². The van der Waals surface area contributed by atoms with Gasteiger partial charge in [0.2, 0.25) is 5.89 Å². The minimum atomic E-state index is -0.127. The van der Waals surface area contributed by atoms with E-state index in [1.807, 2.05) is 73.7 Å². The Morgan fingerprint density at radius 3 is 2.52 bits per heavy atom. The van der Waals surface area contributed by atoms with E-state index < -0.39 is 0 Å². The number of aryl methyl sites for hydroxylation is 1. The Balaban J connectivity index is 1.54. The first kappa shape index (κ1) is 15.1. The molecule has 0 bridgehead atoms. The molecule has 4 nitrogen and oxygen atoms in total. The Bertz CT molecular complexity index is 1020. The van der Waals surface area contributed by atoms with Crippen LogP contribution in [0.15, 0.2) is 77.2 Å². The molecular weight excluding hydrogens is 312 g/mol. The Morgan fingerprint density at radius 1 is 0.960 bits per heavy atom. The van der Waals surface area contributed by atoms with Crippen molar-refractivity contribution in [1.29, 1.82) is 0 Å². The van der Waals surface area contributed by atoms with Crippen LogP contribution in [0.3, 0.4) is 0 Å². The summed E-state index contributed by atoms with van der Waals surface area (Å²) in [5.74, 6) is 0.441. The fraction of sp³-hybridized carbons (Fsp3) is 0.0476. The number of carbonyl (C=O) groups is 1. The molecule has 1 N–H and O–H groups in total. The molecular formula is C21H16N2O2. The van der Waals surface area contributed by atoms with Gasteiger partial charge in [-0.05, 0) is 55.5 Å². The number of anilines is 1. The quantitative estimate of drug-likeness (QED) is 0.572. The van der Waals surface area contributed by atoms with Crippen molar-refractivity contribution in [2.24, 2.45) is 0 Å². The van der Waals surface area contributed by atoms with E-state index in [1.165, 1.54) is 0 Å². The molecule has 3 aromatic carbocycles. The van der Waals surface area contributed by atoms with Crippen molar-refractivity contribution in [3.05, 3.63) is 83.9 Å². The largest absolute Gasteiger partial charge is 0.436 e. The summed E-state index contributed by atoms with van der Waals surface area (Å²) in [6.45, 7) is 1.96. The second-order valence-electron chi connectivity index (χ2n) is 5.89. The summed E-state index contributed by atoms with van der Waals surface area (Å²) in [4.78, 5) is 16.8.